The van der Waals surface area contributed by atoms with Crippen LogP contribution in [0.15, 0.2) is 18.2 Å². The number of nitrogens with zero attached hydrogens (tertiary/aromatic N) is 1. The summed E-state index contributed by atoms with van der Waals surface area (Å²) in [5.41, 5.74) is 1.27. The molecule has 2 aliphatic rings. The van der Waals surface area contributed by atoms with Crippen molar-refractivity contribution >= 4 is 11.7 Å². The van der Waals surface area contributed by atoms with Gasteiger partial charge in [-0.25, -0.2) is 4.90 Å². The van der Waals surface area contributed by atoms with Crippen LogP contribution < -0.4 is 10.6 Å². The van der Waals surface area contributed by atoms with Crippen LogP contribution in [0.1, 0.15) is 36.4 Å². The maximum atomic E-state index is 10.8. The Bertz CT molecular complexity index is 627. The summed E-state index contributed by atoms with van der Waals surface area (Å²) >= 11 is 0. The summed E-state index contributed by atoms with van der Waals surface area (Å²) in [6.07, 6.45) is -3.53. The van der Waals surface area contributed by atoms with Gasteiger partial charge in [0.25, 0.3) is 0 Å². The number of anilines is 1. The van der Waals surface area contributed by atoms with Crippen molar-refractivity contribution in [2.45, 2.75) is 43.8 Å². The quantitative estimate of drug-likeness (QED) is 0.362. The largest absolute Gasteiger partial charge is 0.480 e. The fourth-order valence-electron chi connectivity index (χ4n) is 3.42. The lowest BCUT2D eigenvalue weighted by atomic mass is 10.0. The summed E-state index contributed by atoms with van der Waals surface area (Å²) in [5, 5.41) is 55.0. The van der Waals surface area contributed by atoms with Crippen LogP contribution in [0, 0.1) is 0 Å². The van der Waals surface area contributed by atoms with Gasteiger partial charge in [-0.3, -0.25) is 10.1 Å². The number of aliphatic carboxylic acids is 1. The molecule has 1 saturated heterocycles. The van der Waals surface area contributed by atoms with Gasteiger partial charge in [-0.15, -0.1) is 0 Å². The summed E-state index contributed by atoms with van der Waals surface area (Å²) in [6, 6.07) is 4.33. The predicted octanol–water partition coefficient (Wildman–Crippen LogP) is -1.13. The van der Waals surface area contributed by atoms with Crippen LogP contribution in [-0.4, -0.2) is 61.4 Å². The topological polar surface area (TPSA) is 146 Å². The van der Waals surface area contributed by atoms with Gasteiger partial charge >= 0.3 is 5.97 Å². The van der Waals surface area contributed by atoms with E-state index in [1.54, 1.807) is 18.2 Å². The predicted molar refractivity (Wildman–Crippen MR) is 82.5 cm³/mol. The SMILES string of the molecule is O=C(O)CNc1cccc2c1C(O)N(C1CCC(O)NC1O)C2O. The van der Waals surface area contributed by atoms with Crippen molar-refractivity contribution in [3.63, 3.8) is 0 Å². The molecule has 132 valence electrons. The number of benzene rings is 1. The third-order valence-electron chi connectivity index (χ3n) is 4.52. The first-order valence-corrected chi connectivity index (χ1v) is 7.74. The summed E-state index contributed by atoms with van der Waals surface area (Å²) in [4.78, 5) is 12.1. The van der Waals surface area contributed by atoms with E-state index in [0.29, 0.717) is 29.7 Å². The van der Waals surface area contributed by atoms with Gasteiger partial charge in [0, 0.05) is 16.8 Å². The monoisotopic (exact) mass is 339 g/mol. The maximum absolute atomic E-state index is 10.8. The minimum absolute atomic E-state index is 0.320. The number of hydrogen-bond acceptors (Lipinski definition) is 8. The molecule has 0 amide bonds. The number of hydrogen-bond donors (Lipinski definition) is 7. The number of piperidine rings is 1. The van der Waals surface area contributed by atoms with Crippen LogP contribution in [0.25, 0.3) is 0 Å². The molecular weight excluding hydrogens is 318 g/mol. The molecule has 1 aromatic rings. The van der Waals surface area contributed by atoms with Gasteiger partial charge in [0.05, 0.1) is 6.04 Å². The second-order valence-corrected chi connectivity index (χ2v) is 6.02. The Balaban J connectivity index is 1.88. The molecule has 1 fully saturated rings. The smallest absolute Gasteiger partial charge is 0.322 e. The lowest BCUT2D eigenvalue weighted by Gasteiger charge is -2.40. The average molecular weight is 339 g/mol. The molecule has 0 spiro atoms. The minimum Gasteiger partial charge on any atom is -0.480 e. The molecule has 7 N–H and O–H groups in total. The van der Waals surface area contributed by atoms with Crippen LogP contribution in [0.3, 0.4) is 0 Å². The molecule has 0 saturated carbocycles. The van der Waals surface area contributed by atoms with Gasteiger partial charge in [-0.05, 0) is 18.9 Å². The summed E-state index contributed by atoms with van der Waals surface area (Å²) in [5.74, 6) is -1.04. The number of carboxylic acid groups (broad SMARTS) is 1. The first-order valence-electron chi connectivity index (χ1n) is 7.74. The van der Waals surface area contributed by atoms with E-state index in [2.05, 4.69) is 10.6 Å². The van der Waals surface area contributed by atoms with E-state index in [4.69, 9.17) is 5.11 Å². The van der Waals surface area contributed by atoms with Crippen molar-refractivity contribution in [2.24, 2.45) is 0 Å². The maximum Gasteiger partial charge on any atom is 0.322 e. The molecule has 0 aromatic heterocycles. The van der Waals surface area contributed by atoms with Crippen molar-refractivity contribution in [1.29, 1.82) is 0 Å². The number of carbonyl (C=O) groups is 1. The highest BCUT2D eigenvalue weighted by atomic mass is 16.4. The second kappa shape index (κ2) is 6.63. The van der Waals surface area contributed by atoms with Gasteiger partial charge in [-0.2, -0.15) is 0 Å². The van der Waals surface area contributed by atoms with Gasteiger partial charge in [0.1, 0.15) is 31.5 Å². The zero-order chi connectivity index (χ0) is 17.4. The molecular formula is C15H21N3O6. The normalized spacial score (nSPS) is 33.2. The van der Waals surface area contributed by atoms with E-state index in [9.17, 15) is 25.2 Å². The number of fused-ring (bicyclic) bond motifs is 1. The average Bonchev–Trinajstić information content (AvgIpc) is 2.78. The lowest BCUT2D eigenvalue weighted by molar-refractivity contribution is -0.158. The molecule has 24 heavy (non-hydrogen) atoms. The number of rotatable bonds is 4. The van der Waals surface area contributed by atoms with Crippen LogP contribution in [0.2, 0.25) is 0 Å². The highest BCUT2D eigenvalue weighted by molar-refractivity contribution is 5.73. The van der Waals surface area contributed by atoms with Crippen molar-refractivity contribution in [1.82, 2.24) is 10.2 Å². The molecule has 2 heterocycles. The van der Waals surface area contributed by atoms with Gasteiger partial charge in [-0.1, -0.05) is 12.1 Å². The Morgan fingerprint density at radius 2 is 1.96 bits per heavy atom. The number of nitrogens with one attached hydrogen (secondary N) is 2. The Hall–Kier alpha value is -1.75. The highest BCUT2D eigenvalue weighted by Crippen LogP contribution is 2.45. The number of carboxylic acids is 1. The van der Waals surface area contributed by atoms with Crippen LogP contribution in [0.5, 0.6) is 0 Å². The zero-order valence-corrected chi connectivity index (χ0v) is 12.8. The molecule has 0 aliphatic carbocycles. The van der Waals surface area contributed by atoms with Crippen molar-refractivity contribution < 1.29 is 30.3 Å². The number of aliphatic hydroxyl groups is 4. The molecule has 3 rings (SSSR count). The standard InChI is InChI=1S/C15H21N3O6/c19-10-5-4-9(13(22)17-10)18-14(23)7-2-1-3-8(12(7)15(18)24)16-6-11(20)21/h1-3,9-10,13-17,19,22-24H,4-6H2,(H,20,21). The Morgan fingerprint density at radius 1 is 1.21 bits per heavy atom. The van der Waals surface area contributed by atoms with Crippen LogP contribution >= 0.6 is 0 Å². The fraction of sp³-hybridized carbons (Fsp3) is 0.533. The molecule has 1 aromatic carbocycles. The van der Waals surface area contributed by atoms with E-state index in [1.165, 1.54) is 4.90 Å². The Kier molecular flexibility index (Phi) is 4.72. The van der Waals surface area contributed by atoms with Gasteiger partial charge in [0.2, 0.25) is 0 Å². The van der Waals surface area contributed by atoms with Gasteiger partial charge < -0.3 is 30.8 Å². The van der Waals surface area contributed by atoms with Crippen molar-refractivity contribution in [2.75, 3.05) is 11.9 Å². The zero-order valence-electron chi connectivity index (χ0n) is 12.8. The fourth-order valence-corrected chi connectivity index (χ4v) is 3.42. The molecule has 0 bridgehead atoms. The molecule has 0 radical (unpaired) electrons. The van der Waals surface area contributed by atoms with E-state index >= 15 is 0 Å². The minimum atomic E-state index is -1.20. The Morgan fingerprint density at radius 3 is 2.62 bits per heavy atom. The third-order valence-corrected chi connectivity index (χ3v) is 4.52. The van der Waals surface area contributed by atoms with E-state index < -0.39 is 36.9 Å². The molecule has 9 heteroatoms. The second-order valence-electron chi connectivity index (χ2n) is 6.02. The highest BCUT2D eigenvalue weighted by Gasteiger charge is 2.45. The first-order chi connectivity index (χ1) is 11.4. The summed E-state index contributed by atoms with van der Waals surface area (Å²) < 4.78 is 0. The van der Waals surface area contributed by atoms with E-state index in [0.717, 1.165) is 0 Å². The summed E-state index contributed by atoms with van der Waals surface area (Å²) in [7, 11) is 0. The van der Waals surface area contributed by atoms with Crippen LogP contribution in [-0.2, 0) is 4.79 Å². The summed E-state index contributed by atoms with van der Waals surface area (Å²) in [6.45, 7) is -0.320. The van der Waals surface area contributed by atoms with Crippen molar-refractivity contribution in [3.8, 4) is 0 Å². The molecule has 2 aliphatic heterocycles. The van der Waals surface area contributed by atoms with E-state index in [-0.39, 0.29) is 6.54 Å². The number of aliphatic hydroxyl groups excluding tert-OH is 4. The Labute approximate surface area is 138 Å². The third kappa shape index (κ3) is 2.97. The molecule has 5 unspecified atom stereocenters. The first kappa shape index (κ1) is 17.1. The molecule has 5 atom stereocenters. The van der Waals surface area contributed by atoms with E-state index in [1.807, 2.05) is 0 Å². The van der Waals surface area contributed by atoms with Crippen molar-refractivity contribution in [3.05, 3.63) is 29.3 Å². The van der Waals surface area contributed by atoms with Crippen LogP contribution in [0.4, 0.5) is 5.69 Å². The molecule has 9 nitrogen and oxygen atoms in total. The lowest BCUT2D eigenvalue weighted by Crippen LogP contribution is -2.57. The van der Waals surface area contributed by atoms with Gasteiger partial charge in [0.15, 0.2) is 0 Å².